The molecule has 1 aromatic carbocycles. The number of carbonyl (C=O) groups is 1. The number of hydrogen-bond donors (Lipinski definition) is 2. The number of ether oxygens (including phenoxy) is 2. The molecule has 2 unspecified atom stereocenters. The van der Waals surface area contributed by atoms with Gasteiger partial charge in [0.05, 0.1) is 29.1 Å². The van der Waals surface area contributed by atoms with Crippen molar-refractivity contribution < 1.29 is 33.2 Å². The third kappa shape index (κ3) is 8.02. The zero-order valence-corrected chi connectivity index (χ0v) is 28.3. The highest BCUT2D eigenvalue weighted by atomic mass is 31.2. The number of rotatable bonds is 14. The van der Waals surface area contributed by atoms with Gasteiger partial charge in [-0.25, -0.2) is 16.0 Å². The van der Waals surface area contributed by atoms with Crippen molar-refractivity contribution in [3.8, 4) is 11.8 Å². The van der Waals surface area contributed by atoms with Crippen LogP contribution in [0.5, 0.6) is 0 Å². The summed E-state index contributed by atoms with van der Waals surface area (Å²) >= 11 is 0. The predicted octanol–water partition coefficient (Wildman–Crippen LogP) is 2.88. The van der Waals surface area contributed by atoms with Crippen LogP contribution in [0.15, 0.2) is 34.0 Å². The molecule has 5 atom stereocenters. The van der Waals surface area contributed by atoms with E-state index >= 15 is 0 Å². The second kappa shape index (κ2) is 15.8. The van der Waals surface area contributed by atoms with Gasteiger partial charge in [0.1, 0.15) is 35.5 Å². The fraction of sp³-hybridized carbons (Fsp3) is 0.533. The van der Waals surface area contributed by atoms with Crippen molar-refractivity contribution in [2.75, 3.05) is 26.3 Å². The van der Waals surface area contributed by atoms with E-state index in [1.54, 1.807) is 0 Å². The SMILES string of the molecule is [C-]#[N+]CCOP(O[C@H]1C2OC[C@@]1(CC)O[C@H]2n1cc(C#CCNC(=O)c2ccc([N+](=O)[O-])cc2[N+](=O)[O-])c(=O)[nH]c1=O)N(C(C)C)C(C)C. The molecule has 2 N–H and O–H groups in total. The maximum atomic E-state index is 13.0. The summed E-state index contributed by atoms with van der Waals surface area (Å²) < 4.78 is 28.5. The standard InChI is InChI=1S/C30H36N7O11P/c1-7-30-17-45-24(25(30)48-49(46-14-13-31-6)35(18(2)3)19(4)5)28(47-30)34-16-20(26(38)33-29(34)40)9-8-12-32-27(39)22-11-10-21(36(41)42)15-23(22)37(43)44/h10-11,15-16,18-19,24-25,28H,7,12-14,17H2,1-5H3,(H,32,39)(H,33,38,40)/t24?,25-,28+,30+,49?/m0/s1. The van der Waals surface area contributed by atoms with Crippen LogP contribution >= 0.6 is 8.53 Å². The lowest BCUT2D eigenvalue weighted by Crippen LogP contribution is -2.43. The molecule has 49 heavy (non-hydrogen) atoms. The summed E-state index contributed by atoms with van der Waals surface area (Å²) in [6, 6.07) is 2.70. The first-order valence-electron chi connectivity index (χ1n) is 15.3. The minimum Gasteiger partial charge on any atom is -0.368 e. The van der Waals surface area contributed by atoms with Crippen LogP contribution in [0, 0.1) is 38.6 Å². The van der Waals surface area contributed by atoms with E-state index in [1.165, 1.54) is 6.20 Å². The third-order valence-electron chi connectivity index (χ3n) is 7.86. The van der Waals surface area contributed by atoms with Crippen molar-refractivity contribution in [2.24, 2.45) is 0 Å². The number of nitrogens with one attached hydrogen (secondary N) is 2. The number of nitrogens with zero attached hydrogens (tertiary/aromatic N) is 5. The molecular formula is C30H36N7O11P. The topological polar surface area (TPSA) is 215 Å². The van der Waals surface area contributed by atoms with Crippen molar-refractivity contribution in [2.45, 2.75) is 77.2 Å². The summed E-state index contributed by atoms with van der Waals surface area (Å²) in [6.45, 7) is 17.3. The molecule has 262 valence electrons. The number of aromatic nitrogens is 2. The van der Waals surface area contributed by atoms with Gasteiger partial charge in [-0.05, 0) is 40.2 Å². The van der Waals surface area contributed by atoms with Crippen LogP contribution in [0.1, 0.15) is 63.2 Å². The van der Waals surface area contributed by atoms with Crippen molar-refractivity contribution in [3.05, 3.63) is 88.0 Å². The summed E-state index contributed by atoms with van der Waals surface area (Å²) in [7, 11) is -1.67. The highest BCUT2D eigenvalue weighted by molar-refractivity contribution is 7.44. The Balaban J connectivity index is 1.56. The van der Waals surface area contributed by atoms with Crippen LogP contribution in [0.25, 0.3) is 4.85 Å². The predicted molar refractivity (Wildman–Crippen MR) is 174 cm³/mol. The van der Waals surface area contributed by atoms with Crippen molar-refractivity contribution in [1.29, 1.82) is 0 Å². The lowest BCUT2D eigenvalue weighted by atomic mass is 9.96. The van der Waals surface area contributed by atoms with Gasteiger partial charge in [-0.3, -0.25) is 39.4 Å². The van der Waals surface area contributed by atoms with Gasteiger partial charge in [-0.2, -0.15) is 0 Å². The number of benzene rings is 1. The second-order valence-electron chi connectivity index (χ2n) is 11.7. The molecule has 3 heterocycles. The molecule has 0 aliphatic carbocycles. The van der Waals surface area contributed by atoms with E-state index in [-0.39, 0.29) is 44.0 Å². The number of fused-ring (bicyclic) bond motifs is 2. The zero-order valence-electron chi connectivity index (χ0n) is 27.4. The zero-order chi connectivity index (χ0) is 36.0. The van der Waals surface area contributed by atoms with Gasteiger partial charge in [0.2, 0.25) is 6.54 Å². The molecule has 1 amide bonds. The van der Waals surface area contributed by atoms with E-state index in [0.717, 1.165) is 16.7 Å². The maximum Gasteiger partial charge on any atom is 0.330 e. The van der Waals surface area contributed by atoms with Crippen LogP contribution in [0.3, 0.4) is 0 Å². The number of H-pyrrole nitrogens is 1. The van der Waals surface area contributed by atoms with E-state index in [1.807, 2.05) is 34.6 Å². The number of carbonyl (C=O) groups excluding carboxylic acids is 1. The van der Waals surface area contributed by atoms with Gasteiger partial charge in [-0.15, -0.1) is 0 Å². The molecule has 4 rings (SSSR count). The van der Waals surface area contributed by atoms with Crippen LogP contribution < -0.4 is 16.6 Å². The van der Waals surface area contributed by atoms with E-state index in [0.29, 0.717) is 12.5 Å². The lowest BCUT2D eigenvalue weighted by Gasteiger charge is -2.38. The van der Waals surface area contributed by atoms with E-state index in [9.17, 15) is 34.6 Å². The van der Waals surface area contributed by atoms with Gasteiger partial charge < -0.3 is 28.7 Å². The molecule has 18 nitrogen and oxygen atoms in total. The monoisotopic (exact) mass is 701 g/mol. The molecule has 2 aliphatic rings. The minimum absolute atomic E-state index is 0.0466. The smallest absolute Gasteiger partial charge is 0.330 e. The van der Waals surface area contributed by atoms with E-state index in [4.69, 9.17) is 25.1 Å². The van der Waals surface area contributed by atoms with Crippen LogP contribution in [0.4, 0.5) is 11.4 Å². The highest BCUT2D eigenvalue weighted by Crippen LogP contribution is 2.55. The average Bonchev–Trinajstić information content (AvgIpc) is 3.54. The summed E-state index contributed by atoms with van der Waals surface area (Å²) in [5.41, 5.74) is -4.37. The van der Waals surface area contributed by atoms with Crippen LogP contribution in [-0.4, -0.2) is 86.2 Å². The highest BCUT2D eigenvalue weighted by Gasteiger charge is 2.63. The van der Waals surface area contributed by atoms with Gasteiger partial charge >= 0.3 is 5.69 Å². The number of amides is 1. The molecule has 2 aromatic rings. The van der Waals surface area contributed by atoms with Gasteiger partial charge in [0.15, 0.2) is 6.23 Å². The molecule has 0 radical (unpaired) electrons. The van der Waals surface area contributed by atoms with Crippen LogP contribution in [0.2, 0.25) is 0 Å². The molecule has 2 aliphatic heterocycles. The Bertz CT molecular complexity index is 1800. The third-order valence-corrected chi connectivity index (χ3v) is 9.97. The molecule has 0 saturated carbocycles. The Labute approximate surface area is 281 Å². The molecule has 2 bridgehead atoms. The second-order valence-corrected chi connectivity index (χ2v) is 13.1. The number of aromatic amines is 1. The maximum absolute atomic E-state index is 13.0. The first-order chi connectivity index (χ1) is 23.2. The average molecular weight is 702 g/mol. The molecule has 0 spiro atoms. The number of nitro groups is 2. The summed E-state index contributed by atoms with van der Waals surface area (Å²) in [5.74, 6) is 4.24. The Hall–Kier alpha value is -4.55. The van der Waals surface area contributed by atoms with Gasteiger partial charge in [-0.1, -0.05) is 18.8 Å². The first kappa shape index (κ1) is 37.3. The molecule has 1 aromatic heterocycles. The molecule has 2 fully saturated rings. The Morgan fingerprint density at radius 1 is 1.27 bits per heavy atom. The number of non-ortho nitro benzene ring substituents is 1. The quantitative estimate of drug-likeness (QED) is 0.0726. The first-order valence-corrected chi connectivity index (χ1v) is 16.4. The van der Waals surface area contributed by atoms with E-state index < -0.39 is 76.5 Å². The Kier molecular flexibility index (Phi) is 12.0. The number of hydrogen-bond acceptors (Lipinski definition) is 12. The largest absolute Gasteiger partial charge is 0.368 e. The molecular weight excluding hydrogens is 665 g/mol. The Morgan fingerprint density at radius 3 is 2.59 bits per heavy atom. The summed E-state index contributed by atoms with van der Waals surface area (Å²) in [4.78, 5) is 64.5. The van der Waals surface area contributed by atoms with Gasteiger partial charge in [0, 0.05) is 24.3 Å². The normalized spacial score (nSPS) is 21.7. The minimum atomic E-state index is -1.67. The molecule has 19 heteroatoms. The summed E-state index contributed by atoms with van der Waals surface area (Å²) in [6.07, 6.45) is -0.741. The lowest BCUT2D eigenvalue weighted by molar-refractivity contribution is -0.394. The number of nitro benzene ring substituents is 2. The summed E-state index contributed by atoms with van der Waals surface area (Å²) in [5, 5.41) is 24.7. The van der Waals surface area contributed by atoms with Crippen molar-refractivity contribution in [1.82, 2.24) is 19.5 Å². The fourth-order valence-electron chi connectivity index (χ4n) is 5.59. The van der Waals surface area contributed by atoms with Crippen LogP contribution in [-0.2, 0) is 18.5 Å². The molecule has 2 saturated heterocycles. The van der Waals surface area contributed by atoms with Crippen molar-refractivity contribution >= 4 is 25.8 Å². The fourth-order valence-corrected chi connectivity index (χ4v) is 7.39. The van der Waals surface area contributed by atoms with Gasteiger partial charge in [0.25, 0.3) is 31.4 Å². The van der Waals surface area contributed by atoms with E-state index in [2.05, 4.69) is 31.7 Å². The van der Waals surface area contributed by atoms with Crippen molar-refractivity contribution in [3.63, 3.8) is 0 Å². The Morgan fingerprint density at radius 2 is 1.98 bits per heavy atom.